The zero-order chi connectivity index (χ0) is 54.8. The molecule has 0 aliphatic carbocycles. The van der Waals surface area contributed by atoms with Crippen molar-refractivity contribution in [3.05, 3.63) is 112 Å². The number of halogens is 1. The minimum absolute atomic E-state index is 0.0518. The number of ketones is 1. The van der Waals surface area contributed by atoms with Gasteiger partial charge in [-0.1, -0.05) is 13.8 Å². The Morgan fingerprint density at radius 1 is 0.795 bits per heavy atom. The molecule has 1 N–H and O–H groups in total. The van der Waals surface area contributed by atoms with Crippen LogP contribution in [-0.4, -0.2) is 106 Å². The molecule has 0 spiro atoms. The molecule has 11 heterocycles. The molecule has 2 fully saturated rings. The largest absolute Gasteiger partial charge is 0.450 e. The van der Waals surface area contributed by atoms with Crippen LogP contribution in [0.3, 0.4) is 0 Å². The number of ether oxygens (including phenoxy) is 3. The van der Waals surface area contributed by atoms with Crippen molar-refractivity contribution >= 4 is 56.7 Å². The average molecular weight is 1060 g/mol. The Kier molecular flexibility index (Phi) is 14.9. The van der Waals surface area contributed by atoms with Gasteiger partial charge in [0.05, 0.1) is 53.7 Å². The first kappa shape index (κ1) is 52.3. The minimum Gasteiger partial charge on any atom is -0.450 e. The molecule has 4 atom stereocenters. The van der Waals surface area contributed by atoms with E-state index in [9.17, 15) is 29.3 Å². The van der Waals surface area contributed by atoms with E-state index in [4.69, 9.17) is 33.0 Å². The summed E-state index contributed by atoms with van der Waals surface area (Å²) < 4.78 is 48.1. The fourth-order valence-corrected chi connectivity index (χ4v) is 10.0. The van der Waals surface area contributed by atoms with E-state index >= 15 is 0 Å². The number of fused-ring (bicyclic) bond motifs is 4. The van der Waals surface area contributed by atoms with E-state index in [1.165, 1.54) is 17.0 Å². The summed E-state index contributed by atoms with van der Waals surface area (Å²) >= 11 is 0. The molecule has 23 heteroatoms. The Hall–Kier alpha value is -9.19. The number of carbonyl (C=O) groups excluding carboxylic acids is 2. The summed E-state index contributed by atoms with van der Waals surface area (Å²) in [6, 6.07) is 13.0. The van der Waals surface area contributed by atoms with E-state index < -0.39 is 23.9 Å². The number of hydrogen-bond donors (Lipinski definition) is 1. The van der Waals surface area contributed by atoms with Gasteiger partial charge in [0, 0.05) is 106 Å². The number of carbonyl (C=O) groups is 2. The van der Waals surface area contributed by atoms with E-state index in [2.05, 4.69) is 49.5 Å². The van der Waals surface area contributed by atoms with Gasteiger partial charge in [-0.2, -0.15) is 30.1 Å². The number of amides is 1. The zero-order valence-corrected chi connectivity index (χ0v) is 43.6. The van der Waals surface area contributed by atoms with Crippen LogP contribution in [0.25, 0.3) is 67.1 Å². The van der Waals surface area contributed by atoms with Crippen molar-refractivity contribution in [1.82, 2.24) is 49.0 Å². The van der Waals surface area contributed by atoms with Gasteiger partial charge in [0.1, 0.15) is 45.9 Å². The molecule has 0 saturated carbocycles. The van der Waals surface area contributed by atoms with Crippen molar-refractivity contribution in [1.29, 1.82) is 10.5 Å². The Balaban J connectivity index is 0.000000177. The van der Waals surface area contributed by atoms with Gasteiger partial charge in [-0.15, -0.1) is 0 Å². The van der Waals surface area contributed by atoms with Gasteiger partial charge >= 0.3 is 11.8 Å². The van der Waals surface area contributed by atoms with E-state index in [-0.39, 0.29) is 64.2 Å². The van der Waals surface area contributed by atoms with Crippen molar-refractivity contribution in [2.45, 2.75) is 83.6 Å². The summed E-state index contributed by atoms with van der Waals surface area (Å²) in [7, 11) is 5.33. The van der Waals surface area contributed by atoms with Gasteiger partial charge in [0.25, 0.3) is 0 Å². The van der Waals surface area contributed by atoms with Crippen LogP contribution in [0, 0.1) is 28.6 Å². The normalized spacial score (nSPS) is 17.3. The van der Waals surface area contributed by atoms with Crippen LogP contribution >= 0.6 is 0 Å². The number of anilines is 2. The Bertz CT molecular complexity index is 3870. The summed E-state index contributed by atoms with van der Waals surface area (Å²) in [6.45, 7) is 6.83. The second kappa shape index (κ2) is 22.2. The quantitative estimate of drug-likeness (QED) is 0.0883. The maximum atomic E-state index is 13.8. The first-order valence-electron chi connectivity index (χ1n) is 25.5. The number of nitrogens with zero attached hydrogens (tertiary/aromatic N) is 13. The second-order valence-corrected chi connectivity index (χ2v) is 18.8. The number of aryl methyl sites for hydroxylation is 2. The van der Waals surface area contributed by atoms with Crippen molar-refractivity contribution in [2.24, 2.45) is 14.1 Å². The van der Waals surface area contributed by atoms with Gasteiger partial charge in [0.2, 0.25) is 17.5 Å². The Labute approximate surface area is 445 Å². The predicted octanol–water partition coefficient (Wildman–Crippen LogP) is 8.83. The molecule has 1 amide bonds. The first-order chi connectivity index (χ1) is 37.8. The van der Waals surface area contributed by atoms with Crippen LogP contribution in [0.15, 0.2) is 87.2 Å². The van der Waals surface area contributed by atoms with Crippen molar-refractivity contribution in [3.8, 4) is 45.9 Å². The van der Waals surface area contributed by atoms with Crippen LogP contribution in [0.2, 0.25) is 0 Å². The number of furan rings is 2. The van der Waals surface area contributed by atoms with E-state index in [1.54, 1.807) is 79.0 Å². The maximum absolute atomic E-state index is 13.8. The fourth-order valence-electron chi connectivity index (χ4n) is 10.0. The maximum Gasteiger partial charge on any atom is 0.414 e. The lowest BCUT2D eigenvalue weighted by Gasteiger charge is -2.36. The van der Waals surface area contributed by atoms with Crippen LogP contribution in [-0.2, 0) is 28.3 Å². The number of hydrogen-bond acceptors (Lipinski definition) is 18. The lowest BCUT2D eigenvalue weighted by atomic mass is 9.98. The molecular formula is C55H53FN14O8. The SMILES string of the molecule is CCOC(=O)N(c1c(C(=O)c2ccc(F)nc2)oc2cc(C#N)c(-c3cnn(C)c3)nc12)[C@H]1CCO[C@@H](CC)C1.CC[C@H]1C[C@@H](n2c(=O)nc(-c3ccc(NC)nc3)c3oc4cc(C#N)c(-c5cnn(C)c5)nc4c32)CCO1. The first-order valence-corrected chi connectivity index (χ1v) is 25.5. The van der Waals surface area contributed by atoms with E-state index in [1.807, 2.05) is 19.1 Å². The molecule has 78 heavy (non-hydrogen) atoms. The third-order valence-electron chi connectivity index (χ3n) is 13.9. The molecule has 9 aromatic heterocycles. The Morgan fingerprint density at radius 3 is 2.03 bits per heavy atom. The lowest BCUT2D eigenvalue weighted by Crippen LogP contribution is -2.46. The zero-order valence-electron chi connectivity index (χ0n) is 43.6. The molecular weight excluding hydrogens is 1000 g/mol. The highest BCUT2D eigenvalue weighted by Gasteiger charge is 2.39. The molecule has 0 bridgehead atoms. The number of rotatable bonds is 12. The average Bonchev–Trinajstić information content (AvgIpc) is 4.47. The summed E-state index contributed by atoms with van der Waals surface area (Å²) in [5.74, 6) is -0.882. The molecule has 9 aromatic rings. The molecule has 0 radical (unpaired) electrons. The third kappa shape index (κ3) is 10.0. The molecule has 0 aromatic carbocycles. The topological polar surface area (TPSA) is 273 Å². The van der Waals surface area contributed by atoms with Gasteiger partial charge in [-0.3, -0.25) is 23.6 Å². The number of nitrogens with one attached hydrogen (secondary N) is 1. The van der Waals surface area contributed by atoms with Crippen LogP contribution in [0.4, 0.5) is 20.7 Å². The van der Waals surface area contributed by atoms with Crippen LogP contribution in [0.1, 0.15) is 92.6 Å². The molecule has 0 unspecified atom stereocenters. The smallest absolute Gasteiger partial charge is 0.414 e. The van der Waals surface area contributed by atoms with Gasteiger partial charge in [-0.05, 0) is 69.7 Å². The summed E-state index contributed by atoms with van der Waals surface area (Å²) in [5.41, 5.74) is 5.64. The number of nitriles is 2. The lowest BCUT2D eigenvalue weighted by molar-refractivity contribution is -0.00710. The summed E-state index contributed by atoms with van der Waals surface area (Å²) in [4.78, 5) is 64.6. The third-order valence-corrected chi connectivity index (χ3v) is 13.9. The van der Waals surface area contributed by atoms with Crippen LogP contribution in [0.5, 0.6) is 0 Å². The van der Waals surface area contributed by atoms with E-state index in [0.29, 0.717) is 106 Å². The van der Waals surface area contributed by atoms with Crippen molar-refractivity contribution in [2.75, 3.05) is 37.1 Å². The fraction of sp³-hybridized carbons (Fsp3) is 0.345. The molecule has 2 saturated heterocycles. The Morgan fingerprint density at radius 2 is 1.45 bits per heavy atom. The molecule has 22 nitrogen and oxygen atoms in total. The standard InChI is InChI=1S/C28H27FN6O5.C27H26N8O3/c1-4-20-11-19(8-9-39-20)35(28(37)38-5-2)25-24-21(40-27(25)26(36)16-6-7-22(29)31-13-16)10-17(12-30)23(33-24)18-14-32-34(3)15-18;1-4-19-10-18(7-8-37-19)35-25-24-20(9-16(11-28)22(32-24)17-13-31-34(3)14-17)38-26(25)23(33-27(35)36)15-5-6-21(29-2)30-12-15/h6-7,10,13-15,19-20H,4-5,8-9,11H2,1-3H3;5-6,9,12-14,18-19H,4,7-8,10H2,1-3H3,(H,29,30)/t19-,20-;18-,19-/m00/s1. The highest BCUT2D eigenvalue weighted by Crippen LogP contribution is 2.42. The van der Waals surface area contributed by atoms with Gasteiger partial charge in [0.15, 0.2) is 16.7 Å². The second-order valence-electron chi connectivity index (χ2n) is 18.8. The highest BCUT2D eigenvalue weighted by atomic mass is 19.1. The van der Waals surface area contributed by atoms with Crippen molar-refractivity contribution < 1.29 is 37.0 Å². The van der Waals surface area contributed by atoms with Gasteiger partial charge in [-0.25, -0.2) is 29.5 Å². The predicted molar refractivity (Wildman–Crippen MR) is 283 cm³/mol. The summed E-state index contributed by atoms with van der Waals surface area (Å²) in [6.07, 6.45) is 12.7. The molecule has 2 aliphatic rings. The molecule has 398 valence electrons. The number of pyridine rings is 4. The monoisotopic (exact) mass is 1060 g/mol. The highest BCUT2D eigenvalue weighted by molar-refractivity contribution is 6.17. The number of aromatic nitrogens is 10. The van der Waals surface area contributed by atoms with Crippen LogP contribution < -0.4 is 15.9 Å². The van der Waals surface area contributed by atoms with Crippen molar-refractivity contribution in [3.63, 3.8) is 0 Å². The van der Waals surface area contributed by atoms with Gasteiger partial charge < -0.3 is 28.4 Å². The summed E-state index contributed by atoms with van der Waals surface area (Å²) in [5, 5.41) is 31.2. The molecule has 11 rings (SSSR count). The minimum atomic E-state index is -0.746. The molecule has 2 aliphatic heterocycles. The van der Waals surface area contributed by atoms with E-state index in [0.717, 1.165) is 25.1 Å².